The number of hydrogen-bond donors (Lipinski definition) is 0. The molecule has 34 heavy (non-hydrogen) atoms. The summed E-state index contributed by atoms with van der Waals surface area (Å²) in [6.45, 7) is 5.19. The SMILES string of the molecule is COc1ccc(-n2cc(-c3ccccc3)c3c(N(Cc4ccccc4)C(C)C)ncnc32)cc1. The van der Waals surface area contributed by atoms with Crippen molar-refractivity contribution in [3.8, 4) is 22.6 Å². The van der Waals surface area contributed by atoms with E-state index in [-0.39, 0.29) is 6.04 Å². The molecule has 5 aromatic rings. The lowest BCUT2D eigenvalue weighted by atomic mass is 10.1. The Morgan fingerprint density at radius 3 is 2.18 bits per heavy atom. The normalized spacial score (nSPS) is 11.2. The summed E-state index contributed by atoms with van der Waals surface area (Å²) in [7, 11) is 1.68. The largest absolute Gasteiger partial charge is 0.497 e. The third kappa shape index (κ3) is 4.13. The molecule has 3 aromatic carbocycles. The molecule has 0 aliphatic carbocycles. The Balaban J connectivity index is 1.73. The van der Waals surface area contributed by atoms with Gasteiger partial charge in [0.2, 0.25) is 0 Å². The molecule has 0 bridgehead atoms. The van der Waals surface area contributed by atoms with Gasteiger partial charge in [-0.05, 0) is 49.2 Å². The van der Waals surface area contributed by atoms with Crippen molar-refractivity contribution in [1.82, 2.24) is 14.5 Å². The third-order valence-corrected chi connectivity index (χ3v) is 6.09. The standard InChI is InChI=1S/C29H28N4O/c1-21(2)32(18-22-10-6-4-7-11-22)28-27-26(23-12-8-5-9-13-23)19-33(29(27)31-20-30-28)24-14-16-25(34-3)17-15-24/h4-17,19-21H,18H2,1-3H3. The van der Waals surface area contributed by atoms with Crippen molar-refractivity contribution in [3.05, 3.63) is 103 Å². The quantitative estimate of drug-likeness (QED) is 0.285. The minimum atomic E-state index is 0.256. The van der Waals surface area contributed by atoms with Crippen LogP contribution in [0.4, 0.5) is 5.82 Å². The number of ether oxygens (including phenoxy) is 1. The fraction of sp³-hybridized carbons (Fsp3) is 0.172. The van der Waals surface area contributed by atoms with E-state index in [0.29, 0.717) is 0 Å². The summed E-state index contributed by atoms with van der Waals surface area (Å²) >= 11 is 0. The monoisotopic (exact) mass is 448 g/mol. The number of methoxy groups -OCH3 is 1. The van der Waals surface area contributed by atoms with Gasteiger partial charge in [-0.1, -0.05) is 60.7 Å². The number of rotatable bonds is 7. The second-order valence-corrected chi connectivity index (χ2v) is 8.58. The predicted octanol–water partition coefficient (Wildman–Crippen LogP) is 6.51. The smallest absolute Gasteiger partial charge is 0.150 e. The molecular formula is C29H28N4O. The second kappa shape index (κ2) is 9.40. The van der Waals surface area contributed by atoms with Crippen LogP contribution in [-0.2, 0) is 6.54 Å². The summed E-state index contributed by atoms with van der Waals surface area (Å²) in [5, 5.41) is 1.05. The number of nitrogens with zero attached hydrogens (tertiary/aromatic N) is 4. The molecule has 170 valence electrons. The Bertz CT molecular complexity index is 1380. The van der Waals surface area contributed by atoms with Crippen LogP contribution >= 0.6 is 0 Å². The summed E-state index contributed by atoms with van der Waals surface area (Å²) in [4.78, 5) is 11.9. The number of anilines is 1. The van der Waals surface area contributed by atoms with E-state index in [0.717, 1.165) is 46.0 Å². The molecule has 0 amide bonds. The molecule has 0 atom stereocenters. The molecule has 0 radical (unpaired) electrons. The molecule has 2 heterocycles. The average Bonchev–Trinajstić information content (AvgIpc) is 3.28. The molecule has 0 spiro atoms. The van der Waals surface area contributed by atoms with Crippen LogP contribution in [0.5, 0.6) is 5.75 Å². The van der Waals surface area contributed by atoms with E-state index < -0.39 is 0 Å². The fourth-order valence-corrected chi connectivity index (χ4v) is 4.32. The first-order valence-electron chi connectivity index (χ1n) is 11.5. The summed E-state index contributed by atoms with van der Waals surface area (Å²) in [6, 6.07) is 29.3. The van der Waals surface area contributed by atoms with Crippen LogP contribution in [0.15, 0.2) is 97.5 Å². The maximum Gasteiger partial charge on any atom is 0.150 e. The highest BCUT2D eigenvalue weighted by atomic mass is 16.5. The van der Waals surface area contributed by atoms with Gasteiger partial charge in [-0.3, -0.25) is 0 Å². The second-order valence-electron chi connectivity index (χ2n) is 8.58. The molecule has 0 saturated heterocycles. The maximum absolute atomic E-state index is 5.36. The van der Waals surface area contributed by atoms with Gasteiger partial charge in [0, 0.05) is 30.0 Å². The zero-order chi connectivity index (χ0) is 23.5. The lowest BCUT2D eigenvalue weighted by Crippen LogP contribution is -2.31. The summed E-state index contributed by atoms with van der Waals surface area (Å²) in [5.41, 5.74) is 5.41. The van der Waals surface area contributed by atoms with Crippen LogP contribution in [0.3, 0.4) is 0 Å². The topological polar surface area (TPSA) is 43.2 Å². The molecule has 5 heteroatoms. The Morgan fingerprint density at radius 1 is 0.853 bits per heavy atom. The molecule has 0 aliphatic rings. The number of fused-ring (bicyclic) bond motifs is 1. The highest BCUT2D eigenvalue weighted by Gasteiger charge is 2.22. The molecule has 0 saturated carbocycles. The summed E-state index contributed by atoms with van der Waals surface area (Å²) < 4.78 is 7.50. The molecular weight excluding hydrogens is 420 g/mol. The first-order chi connectivity index (χ1) is 16.7. The van der Waals surface area contributed by atoms with Gasteiger partial charge in [0.15, 0.2) is 5.65 Å². The van der Waals surface area contributed by atoms with Crippen LogP contribution < -0.4 is 9.64 Å². The van der Waals surface area contributed by atoms with Gasteiger partial charge in [-0.2, -0.15) is 0 Å². The Hall–Kier alpha value is -4.12. The van der Waals surface area contributed by atoms with Crippen LogP contribution in [-0.4, -0.2) is 27.7 Å². The van der Waals surface area contributed by atoms with Crippen molar-refractivity contribution in [3.63, 3.8) is 0 Å². The molecule has 5 nitrogen and oxygen atoms in total. The first kappa shape index (κ1) is 21.7. The van der Waals surface area contributed by atoms with Gasteiger partial charge in [-0.15, -0.1) is 0 Å². The van der Waals surface area contributed by atoms with Gasteiger partial charge >= 0.3 is 0 Å². The fourth-order valence-electron chi connectivity index (χ4n) is 4.32. The average molecular weight is 449 g/mol. The number of hydrogen-bond acceptors (Lipinski definition) is 4. The Kier molecular flexibility index (Phi) is 6.00. The van der Waals surface area contributed by atoms with Crippen molar-refractivity contribution in [2.24, 2.45) is 0 Å². The molecule has 0 N–H and O–H groups in total. The lowest BCUT2D eigenvalue weighted by molar-refractivity contribution is 0.415. The van der Waals surface area contributed by atoms with Gasteiger partial charge in [0.1, 0.15) is 17.9 Å². The van der Waals surface area contributed by atoms with E-state index in [1.165, 1.54) is 5.56 Å². The van der Waals surface area contributed by atoms with Gasteiger partial charge in [-0.25, -0.2) is 9.97 Å². The van der Waals surface area contributed by atoms with Crippen LogP contribution in [0, 0.1) is 0 Å². The van der Waals surface area contributed by atoms with Gasteiger partial charge < -0.3 is 14.2 Å². The molecule has 2 aromatic heterocycles. The maximum atomic E-state index is 5.36. The molecule has 0 fully saturated rings. The summed E-state index contributed by atoms with van der Waals surface area (Å²) in [5.74, 6) is 1.77. The highest BCUT2D eigenvalue weighted by molar-refractivity contribution is 6.02. The van der Waals surface area contributed by atoms with Crippen LogP contribution in [0.2, 0.25) is 0 Å². The van der Waals surface area contributed by atoms with Crippen LogP contribution in [0.1, 0.15) is 19.4 Å². The minimum absolute atomic E-state index is 0.256. The van der Waals surface area contributed by atoms with E-state index in [4.69, 9.17) is 14.7 Å². The van der Waals surface area contributed by atoms with E-state index in [9.17, 15) is 0 Å². The summed E-state index contributed by atoms with van der Waals surface area (Å²) in [6.07, 6.45) is 3.84. The van der Waals surface area contributed by atoms with Gasteiger partial charge in [0.25, 0.3) is 0 Å². The van der Waals surface area contributed by atoms with Crippen molar-refractivity contribution in [1.29, 1.82) is 0 Å². The number of aromatic nitrogens is 3. The van der Waals surface area contributed by atoms with E-state index in [1.54, 1.807) is 13.4 Å². The van der Waals surface area contributed by atoms with Crippen molar-refractivity contribution < 1.29 is 4.74 Å². The van der Waals surface area contributed by atoms with E-state index in [1.807, 2.05) is 18.2 Å². The first-order valence-corrected chi connectivity index (χ1v) is 11.5. The molecule has 0 aliphatic heterocycles. The van der Waals surface area contributed by atoms with Crippen molar-refractivity contribution >= 4 is 16.9 Å². The zero-order valence-corrected chi connectivity index (χ0v) is 19.7. The Labute approximate surface area is 200 Å². The zero-order valence-electron chi connectivity index (χ0n) is 19.7. The van der Waals surface area contributed by atoms with Crippen molar-refractivity contribution in [2.75, 3.05) is 12.0 Å². The lowest BCUT2D eigenvalue weighted by Gasteiger charge is -2.29. The highest BCUT2D eigenvalue weighted by Crippen LogP contribution is 2.37. The predicted molar refractivity (Wildman–Crippen MR) is 139 cm³/mol. The van der Waals surface area contributed by atoms with Crippen LogP contribution in [0.25, 0.3) is 27.8 Å². The van der Waals surface area contributed by atoms with Gasteiger partial charge in [0.05, 0.1) is 12.5 Å². The molecule has 0 unspecified atom stereocenters. The van der Waals surface area contributed by atoms with E-state index in [2.05, 4.69) is 96.2 Å². The minimum Gasteiger partial charge on any atom is -0.497 e. The third-order valence-electron chi connectivity index (χ3n) is 6.09. The molecule has 5 rings (SSSR count). The van der Waals surface area contributed by atoms with Crippen molar-refractivity contribution in [2.45, 2.75) is 26.4 Å². The van der Waals surface area contributed by atoms with E-state index >= 15 is 0 Å². The number of benzene rings is 3. The Morgan fingerprint density at radius 2 is 1.53 bits per heavy atom.